The molecule has 1 saturated heterocycles. The summed E-state index contributed by atoms with van der Waals surface area (Å²) in [5.41, 5.74) is 0.291. The van der Waals surface area contributed by atoms with Gasteiger partial charge in [-0.3, -0.25) is 4.79 Å². The molecule has 116 valence electrons. The Morgan fingerprint density at radius 1 is 1.24 bits per heavy atom. The summed E-state index contributed by atoms with van der Waals surface area (Å²) >= 11 is 0. The average molecular weight is 296 g/mol. The van der Waals surface area contributed by atoms with E-state index >= 15 is 0 Å². The maximum Gasteiger partial charge on any atom is 0.225 e. The van der Waals surface area contributed by atoms with E-state index < -0.39 is 11.6 Å². The van der Waals surface area contributed by atoms with Crippen LogP contribution in [0.5, 0.6) is 0 Å². The fourth-order valence-corrected chi connectivity index (χ4v) is 3.03. The number of likely N-dealkylation sites (tertiary alicyclic amines) is 1. The Labute approximate surface area is 124 Å². The maximum absolute atomic E-state index is 13.1. The lowest BCUT2D eigenvalue weighted by molar-refractivity contribution is -0.116. The van der Waals surface area contributed by atoms with Gasteiger partial charge in [0.25, 0.3) is 0 Å². The molecule has 0 aromatic heterocycles. The summed E-state index contributed by atoms with van der Waals surface area (Å²) in [6, 6.07) is 3.37. The molecule has 0 bridgehead atoms. The molecule has 1 aliphatic heterocycles. The highest BCUT2D eigenvalue weighted by molar-refractivity contribution is 5.90. The molecule has 0 spiro atoms. The zero-order valence-corrected chi connectivity index (χ0v) is 12.5. The molecule has 0 aliphatic carbocycles. The van der Waals surface area contributed by atoms with E-state index in [1.165, 1.54) is 12.5 Å². The van der Waals surface area contributed by atoms with Gasteiger partial charge in [0.15, 0.2) is 11.6 Å². The molecule has 0 radical (unpaired) electrons. The van der Waals surface area contributed by atoms with Crippen LogP contribution in [0.15, 0.2) is 18.2 Å². The van der Waals surface area contributed by atoms with E-state index in [1.807, 2.05) is 0 Å². The van der Waals surface area contributed by atoms with Gasteiger partial charge in [-0.05, 0) is 30.4 Å². The lowest BCUT2D eigenvalue weighted by atomic mass is 9.92. The number of halogens is 2. The number of amides is 1. The number of nitrogens with one attached hydrogen (secondary N) is 1. The summed E-state index contributed by atoms with van der Waals surface area (Å²) in [5.74, 6) is -0.728. The standard InChI is InChI=1S/C16H22F2N2O/c1-11-7-12(2)10-20(9-11)6-5-16(21)19-13-3-4-14(17)15(18)8-13/h3-4,8,11-12H,5-7,9-10H2,1-2H3,(H,19,21)/t11-,12-/m0/s1. The van der Waals surface area contributed by atoms with Crippen LogP contribution < -0.4 is 5.32 Å². The van der Waals surface area contributed by atoms with E-state index in [1.54, 1.807) is 0 Å². The van der Waals surface area contributed by atoms with Crippen LogP contribution in [0.3, 0.4) is 0 Å². The molecule has 1 fully saturated rings. The lowest BCUT2D eigenvalue weighted by Crippen LogP contribution is -2.40. The molecule has 0 saturated carbocycles. The van der Waals surface area contributed by atoms with Crippen molar-refractivity contribution in [1.82, 2.24) is 4.90 Å². The van der Waals surface area contributed by atoms with Crippen molar-refractivity contribution in [2.75, 3.05) is 25.0 Å². The maximum atomic E-state index is 13.1. The molecule has 5 heteroatoms. The highest BCUT2D eigenvalue weighted by Crippen LogP contribution is 2.21. The van der Waals surface area contributed by atoms with Gasteiger partial charge in [0, 0.05) is 37.8 Å². The third-order valence-electron chi connectivity index (χ3n) is 3.80. The third-order valence-corrected chi connectivity index (χ3v) is 3.80. The van der Waals surface area contributed by atoms with Crippen molar-refractivity contribution in [2.24, 2.45) is 11.8 Å². The van der Waals surface area contributed by atoms with Crippen LogP contribution in [0, 0.1) is 23.5 Å². The summed E-state index contributed by atoms with van der Waals surface area (Å²) < 4.78 is 25.9. The number of benzene rings is 1. The first-order valence-corrected chi connectivity index (χ1v) is 7.41. The highest BCUT2D eigenvalue weighted by atomic mass is 19.2. The Balaban J connectivity index is 1.80. The summed E-state index contributed by atoms with van der Waals surface area (Å²) in [6.07, 6.45) is 1.59. The van der Waals surface area contributed by atoms with Crippen LogP contribution in [-0.2, 0) is 4.79 Å². The quantitative estimate of drug-likeness (QED) is 0.925. The van der Waals surface area contributed by atoms with Gasteiger partial charge in [-0.1, -0.05) is 13.8 Å². The first-order chi connectivity index (χ1) is 9.94. The van der Waals surface area contributed by atoms with E-state index in [0.29, 0.717) is 30.5 Å². The van der Waals surface area contributed by atoms with Crippen LogP contribution in [0.1, 0.15) is 26.7 Å². The molecule has 21 heavy (non-hydrogen) atoms. The van der Waals surface area contributed by atoms with E-state index in [9.17, 15) is 13.6 Å². The molecule has 1 aliphatic rings. The third kappa shape index (κ3) is 4.77. The van der Waals surface area contributed by atoms with Crippen LogP contribution in [0.2, 0.25) is 0 Å². The van der Waals surface area contributed by atoms with Gasteiger partial charge in [-0.15, -0.1) is 0 Å². The Morgan fingerprint density at radius 3 is 2.52 bits per heavy atom. The lowest BCUT2D eigenvalue weighted by Gasteiger charge is -2.34. The minimum Gasteiger partial charge on any atom is -0.326 e. The summed E-state index contributed by atoms with van der Waals surface area (Å²) in [4.78, 5) is 14.2. The van der Waals surface area contributed by atoms with E-state index in [2.05, 4.69) is 24.1 Å². The van der Waals surface area contributed by atoms with Crippen molar-refractivity contribution < 1.29 is 13.6 Å². The van der Waals surface area contributed by atoms with E-state index in [-0.39, 0.29) is 5.91 Å². The van der Waals surface area contributed by atoms with Gasteiger partial charge >= 0.3 is 0 Å². The average Bonchev–Trinajstić information content (AvgIpc) is 2.40. The Hall–Kier alpha value is -1.49. The van der Waals surface area contributed by atoms with E-state index in [0.717, 1.165) is 25.2 Å². The number of hydrogen-bond acceptors (Lipinski definition) is 2. The minimum atomic E-state index is -0.952. The van der Waals surface area contributed by atoms with Crippen molar-refractivity contribution in [2.45, 2.75) is 26.7 Å². The molecule has 2 rings (SSSR count). The Bertz CT molecular complexity index is 497. The normalized spacial score (nSPS) is 23.0. The largest absolute Gasteiger partial charge is 0.326 e. The number of rotatable bonds is 4. The van der Waals surface area contributed by atoms with Gasteiger partial charge in [-0.2, -0.15) is 0 Å². The topological polar surface area (TPSA) is 32.3 Å². The number of piperidine rings is 1. The minimum absolute atomic E-state index is 0.174. The predicted octanol–water partition coefficient (Wildman–Crippen LogP) is 3.27. The molecular formula is C16H22F2N2O. The first-order valence-electron chi connectivity index (χ1n) is 7.41. The van der Waals surface area contributed by atoms with Gasteiger partial charge in [0.1, 0.15) is 0 Å². The molecular weight excluding hydrogens is 274 g/mol. The summed E-state index contributed by atoms with van der Waals surface area (Å²) in [5, 5.41) is 2.60. The zero-order valence-electron chi connectivity index (χ0n) is 12.5. The number of nitrogens with zero attached hydrogens (tertiary/aromatic N) is 1. The van der Waals surface area contributed by atoms with Crippen molar-refractivity contribution in [3.05, 3.63) is 29.8 Å². The van der Waals surface area contributed by atoms with Gasteiger partial charge in [-0.25, -0.2) is 8.78 Å². The number of carbonyl (C=O) groups is 1. The second-order valence-electron chi connectivity index (χ2n) is 6.13. The Morgan fingerprint density at radius 2 is 1.90 bits per heavy atom. The number of carbonyl (C=O) groups excluding carboxylic acids is 1. The van der Waals surface area contributed by atoms with Crippen molar-refractivity contribution in [1.29, 1.82) is 0 Å². The van der Waals surface area contributed by atoms with Crippen LogP contribution in [0.25, 0.3) is 0 Å². The molecule has 0 unspecified atom stereocenters. The molecule has 3 nitrogen and oxygen atoms in total. The smallest absolute Gasteiger partial charge is 0.225 e. The molecule has 1 N–H and O–H groups in total. The summed E-state index contributed by atoms with van der Waals surface area (Å²) in [7, 11) is 0. The first kappa shape index (κ1) is 15.9. The summed E-state index contributed by atoms with van der Waals surface area (Å²) in [6.45, 7) is 7.18. The second kappa shape index (κ2) is 6.98. The second-order valence-corrected chi connectivity index (χ2v) is 6.13. The van der Waals surface area contributed by atoms with Crippen LogP contribution >= 0.6 is 0 Å². The van der Waals surface area contributed by atoms with Crippen molar-refractivity contribution in [3.63, 3.8) is 0 Å². The monoisotopic (exact) mass is 296 g/mol. The molecule has 1 aromatic rings. The van der Waals surface area contributed by atoms with Crippen LogP contribution in [0.4, 0.5) is 14.5 Å². The van der Waals surface area contributed by atoms with Gasteiger partial charge < -0.3 is 10.2 Å². The molecule has 1 amide bonds. The fraction of sp³-hybridized carbons (Fsp3) is 0.562. The fourth-order valence-electron chi connectivity index (χ4n) is 3.03. The Kier molecular flexibility index (Phi) is 5.28. The zero-order chi connectivity index (χ0) is 15.4. The molecule has 1 aromatic carbocycles. The van der Waals surface area contributed by atoms with Gasteiger partial charge in [0.05, 0.1) is 0 Å². The molecule has 1 heterocycles. The SMILES string of the molecule is C[C@H]1C[C@H](C)CN(CCC(=O)Nc2ccc(F)c(F)c2)C1. The number of hydrogen-bond donors (Lipinski definition) is 1. The predicted molar refractivity (Wildman–Crippen MR) is 79.0 cm³/mol. The highest BCUT2D eigenvalue weighted by Gasteiger charge is 2.21. The van der Waals surface area contributed by atoms with E-state index in [4.69, 9.17) is 0 Å². The molecule has 2 atom stereocenters. The van der Waals surface area contributed by atoms with Gasteiger partial charge in [0.2, 0.25) is 5.91 Å². The van der Waals surface area contributed by atoms with Crippen LogP contribution in [-0.4, -0.2) is 30.4 Å². The van der Waals surface area contributed by atoms with Crippen molar-refractivity contribution in [3.8, 4) is 0 Å². The number of anilines is 1. The van der Waals surface area contributed by atoms with Crippen molar-refractivity contribution >= 4 is 11.6 Å².